The fraction of sp³-hybridized carbons (Fsp3) is 0.286. The number of rotatable bonds is 4. The molecule has 0 saturated heterocycles. The van der Waals surface area contributed by atoms with E-state index in [1.165, 1.54) is 0 Å². The number of hydrogen-bond acceptors (Lipinski definition) is 2. The van der Waals surface area contributed by atoms with Gasteiger partial charge in [-0.2, -0.15) is 5.10 Å². The first-order valence-electron chi connectivity index (χ1n) is 6.14. The molecule has 0 atom stereocenters. The Kier molecular flexibility index (Phi) is 5.42. The molecule has 1 heterocycles. The Morgan fingerprint density at radius 1 is 1.40 bits per heavy atom. The Morgan fingerprint density at radius 2 is 2.10 bits per heavy atom. The first-order valence-corrected chi connectivity index (χ1v) is 8.80. The van der Waals surface area contributed by atoms with Crippen molar-refractivity contribution in [2.24, 2.45) is 0 Å². The molecule has 0 amide bonds. The largest absolute Gasteiger partial charge is 0.294 e. The van der Waals surface area contributed by atoms with Crippen molar-refractivity contribution in [3.05, 3.63) is 47.7 Å². The molecule has 0 aliphatic carbocycles. The standard InChI is InChI=1S/C14H13Br2IN2O/c1-3-19-12(14(16)8(2)18-19)7-13(20)10-6-9(15)4-5-11(10)17/h4-6H,3,7H2,1-2H3. The molecule has 20 heavy (non-hydrogen) atoms. The van der Waals surface area contributed by atoms with E-state index in [2.05, 4.69) is 59.5 Å². The summed E-state index contributed by atoms with van der Waals surface area (Å²) in [7, 11) is 0. The molecule has 0 spiro atoms. The summed E-state index contributed by atoms with van der Waals surface area (Å²) < 4.78 is 4.69. The van der Waals surface area contributed by atoms with Crippen LogP contribution < -0.4 is 0 Å². The molecule has 1 aromatic carbocycles. The van der Waals surface area contributed by atoms with Gasteiger partial charge in [-0.1, -0.05) is 15.9 Å². The Bertz CT molecular complexity index is 667. The van der Waals surface area contributed by atoms with E-state index < -0.39 is 0 Å². The van der Waals surface area contributed by atoms with Crippen molar-refractivity contribution in [3.8, 4) is 0 Å². The highest BCUT2D eigenvalue weighted by atomic mass is 127. The molecule has 0 fully saturated rings. The van der Waals surface area contributed by atoms with Gasteiger partial charge in [0.05, 0.1) is 22.3 Å². The first kappa shape index (κ1) is 16.2. The predicted octanol–water partition coefficient (Wildman–Crippen LogP) is 4.77. The maximum atomic E-state index is 12.5. The Morgan fingerprint density at radius 3 is 2.75 bits per heavy atom. The quantitative estimate of drug-likeness (QED) is 0.438. The summed E-state index contributed by atoms with van der Waals surface area (Å²) in [5, 5.41) is 4.42. The van der Waals surface area contributed by atoms with Crippen LogP contribution in [0, 0.1) is 10.5 Å². The van der Waals surface area contributed by atoms with Crippen LogP contribution in [0.1, 0.15) is 28.7 Å². The molecular formula is C14H13Br2IN2O. The van der Waals surface area contributed by atoms with E-state index in [-0.39, 0.29) is 5.78 Å². The van der Waals surface area contributed by atoms with E-state index in [1.54, 1.807) is 0 Å². The van der Waals surface area contributed by atoms with Crippen molar-refractivity contribution in [3.63, 3.8) is 0 Å². The fourth-order valence-electron chi connectivity index (χ4n) is 2.00. The zero-order valence-electron chi connectivity index (χ0n) is 11.1. The second-order valence-corrected chi connectivity index (χ2v) is 7.26. The molecule has 2 aromatic rings. The van der Waals surface area contributed by atoms with E-state index in [4.69, 9.17) is 0 Å². The SMILES string of the molecule is CCn1nc(C)c(Br)c1CC(=O)c1cc(Br)ccc1I. The van der Waals surface area contributed by atoms with Gasteiger partial charge in [0, 0.05) is 20.2 Å². The molecule has 1 aromatic heterocycles. The maximum absolute atomic E-state index is 12.5. The van der Waals surface area contributed by atoms with E-state index >= 15 is 0 Å². The van der Waals surface area contributed by atoms with Gasteiger partial charge in [-0.3, -0.25) is 9.48 Å². The molecule has 2 rings (SSSR count). The number of benzene rings is 1. The van der Waals surface area contributed by atoms with E-state index in [9.17, 15) is 4.79 Å². The third-order valence-corrected chi connectivity index (χ3v) is 5.48. The Labute approximate surface area is 148 Å². The molecule has 0 aliphatic heterocycles. The smallest absolute Gasteiger partial charge is 0.169 e. The average molecular weight is 512 g/mol. The summed E-state index contributed by atoms with van der Waals surface area (Å²) in [5.74, 6) is 0.103. The van der Waals surface area contributed by atoms with Crippen LogP contribution in [0.3, 0.4) is 0 Å². The number of halogens is 3. The summed E-state index contributed by atoms with van der Waals surface area (Å²) in [4.78, 5) is 12.5. The molecule has 0 aliphatic rings. The van der Waals surface area contributed by atoms with Crippen LogP contribution in [0.15, 0.2) is 27.1 Å². The van der Waals surface area contributed by atoms with Crippen molar-refractivity contribution in [2.75, 3.05) is 0 Å². The van der Waals surface area contributed by atoms with Gasteiger partial charge in [0.15, 0.2) is 5.78 Å². The third-order valence-electron chi connectivity index (χ3n) is 3.01. The number of aromatic nitrogens is 2. The van der Waals surface area contributed by atoms with Crippen LogP contribution in [-0.4, -0.2) is 15.6 Å². The van der Waals surface area contributed by atoms with Crippen molar-refractivity contribution in [1.82, 2.24) is 9.78 Å². The fourth-order valence-corrected chi connectivity index (χ4v) is 3.42. The molecule has 3 nitrogen and oxygen atoms in total. The highest BCUT2D eigenvalue weighted by Gasteiger charge is 2.18. The van der Waals surface area contributed by atoms with E-state index in [0.29, 0.717) is 6.42 Å². The van der Waals surface area contributed by atoms with Gasteiger partial charge in [-0.05, 0) is 70.6 Å². The molecular weight excluding hydrogens is 499 g/mol. The number of carbonyl (C=O) groups excluding carboxylic acids is 1. The Balaban J connectivity index is 2.35. The molecule has 106 valence electrons. The van der Waals surface area contributed by atoms with Crippen LogP contribution in [0.2, 0.25) is 0 Å². The minimum atomic E-state index is 0.103. The lowest BCUT2D eigenvalue weighted by Crippen LogP contribution is -2.11. The molecule has 0 saturated carbocycles. The summed E-state index contributed by atoms with van der Waals surface area (Å²) in [6, 6.07) is 5.75. The highest BCUT2D eigenvalue weighted by Crippen LogP contribution is 2.25. The number of nitrogens with zero attached hydrogens (tertiary/aromatic N) is 2. The topological polar surface area (TPSA) is 34.9 Å². The zero-order chi connectivity index (χ0) is 14.9. The number of carbonyl (C=O) groups is 1. The molecule has 0 bridgehead atoms. The van der Waals surface area contributed by atoms with Crippen molar-refractivity contribution in [2.45, 2.75) is 26.8 Å². The third kappa shape index (κ3) is 3.33. The number of aryl methyl sites for hydroxylation is 2. The summed E-state index contributed by atoms with van der Waals surface area (Å²) >= 11 is 9.13. The van der Waals surface area contributed by atoms with Crippen LogP contribution >= 0.6 is 54.5 Å². The van der Waals surface area contributed by atoms with Gasteiger partial charge in [-0.15, -0.1) is 0 Å². The lowest BCUT2D eigenvalue weighted by molar-refractivity contribution is 0.0989. The lowest BCUT2D eigenvalue weighted by Gasteiger charge is -2.07. The average Bonchev–Trinajstić information content (AvgIpc) is 2.69. The van der Waals surface area contributed by atoms with Gasteiger partial charge < -0.3 is 0 Å². The van der Waals surface area contributed by atoms with E-state index in [1.807, 2.05) is 36.7 Å². The molecule has 0 unspecified atom stereocenters. The van der Waals surface area contributed by atoms with Gasteiger partial charge in [0.2, 0.25) is 0 Å². The van der Waals surface area contributed by atoms with Gasteiger partial charge in [0.1, 0.15) is 0 Å². The molecule has 6 heteroatoms. The van der Waals surface area contributed by atoms with Gasteiger partial charge in [0.25, 0.3) is 0 Å². The highest BCUT2D eigenvalue weighted by molar-refractivity contribution is 14.1. The van der Waals surface area contributed by atoms with Crippen molar-refractivity contribution in [1.29, 1.82) is 0 Å². The first-order chi connectivity index (χ1) is 9.43. The number of Topliss-reactive ketones (excluding diaryl/α,β-unsaturated/α-hetero) is 1. The molecule has 0 radical (unpaired) electrons. The monoisotopic (exact) mass is 510 g/mol. The summed E-state index contributed by atoms with van der Waals surface area (Å²) in [6.07, 6.45) is 0.349. The van der Waals surface area contributed by atoms with E-state index in [0.717, 1.165) is 36.0 Å². The Hall–Kier alpha value is -0.210. The summed E-state index contributed by atoms with van der Waals surface area (Å²) in [5.41, 5.74) is 2.60. The number of hydrogen-bond donors (Lipinski definition) is 0. The van der Waals surface area contributed by atoms with Gasteiger partial charge in [-0.25, -0.2) is 0 Å². The van der Waals surface area contributed by atoms with Crippen molar-refractivity contribution < 1.29 is 4.79 Å². The minimum Gasteiger partial charge on any atom is -0.294 e. The van der Waals surface area contributed by atoms with Crippen LogP contribution in [0.4, 0.5) is 0 Å². The zero-order valence-corrected chi connectivity index (χ0v) is 16.4. The molecule has 0 N–H and O–H groups in total. The summed E-state index contributed by atoms with van der Waals surface area (Å²) in [6.45, 7) is 4.72. The normalized spacial score (nSPS) is 10.8. The second-order valence-electron chi connectivity index (χ2n) is 4.39. The van der Waals surface area contributed by atoms with Crippen molar-refractivity contribution >= 4 is 60.2 Å². The lowest BCUT2D eigenvalue weighted by atomic mass is 10.1. The number of ketones is 1. The van der Waals surface area contributed by atoms with Gasteiger partial charge >= 0.3 is 0 Å². The second kappa shape index (κ2) is 6.70. The van der Waals surface area contributed by atoms with Crippen LogP contribution in [-0.2, 0) is 13.0 Å². The van der Waals surface area contributed by atoms with Crippen LogP contribution in [0.5, 0.6) is 0 Å². The maximum Gasteiger partial charge on any atom is 0.169 e. The van der Waals surface area contributed by atoms with Crippen LogP contribution in [0.25, 0.3) is 0 Å². The minimum absolute atomic E-state index is 0.103. The predicted molar refractivity (Wildman–Crippen MR) is 95.2 cm³/mol.